The van der Waals surface area contributed by atoms with Crippen LogP contribution in [0.2, 0.25) is 0 Å². The molecule has 1 aromatic heterocycles. The third kappa shape index (κ3) is 2.76. The summed E-state index contributed by atoms with van der Waals surface area (Å²) >= 11 is 0. The zero-order valence-corrected chi connectivity index (χ0v) is 13.7. The number of carbonyl (C=O) groups excluding carboxylic acids is 2. The van der Waals surface area contributed by atoms with Crippen LogP contribution in [0.5, 0.6) is 0 Å². The fourth-order valence-corrected chi connectivity index (χ4v) is 3.22. The van der Waals surface area contributed by atoms with Gasteiger partial charge in [-0.3, -0.25) is 9.59 Å². The lowest BCUT2D eigenvalue weighted by Gasteiger charge is -2.39. The van der Waals surface area contributed by atoms with Crippen molar-refractivity contribution in [3.05, 3.63) is 24.0 Å². The van der Waals surface area contributed by atoms with E-state index in [2.05, 4.69) is 18.4 Å². The molecule has 0 N–H and O–H groups in total. The number of hydrogen-bond donors (Lipinski definition) is 0. The third-order valence-electron chi connectivity index (χ3n) is 4.53. The van der Waals surface area contributed by atoms with Gasteiger partial charge in [-0.1, -0.05) is 13.8 Å². The molecule has 3 rings (SSSR count). The van der Waals surface area contributed by atoms with Crippen LogP contribution in [0.25, 0.3) is 0 Å². The summed E-state index contributed by atoms with van der Waals surface area (Å²) in [5, 5.41) is 0. The highest BCUT2D eigenvalue weighted by Crippen LogP contribution is 2.36. The average molecular weight is 303 g/mol. The number of piperazine rings is 1. The zero-order valence-electron chi connectivity index (χ0n) is 13.7. The first-order valence-corrected chi connectivity index (χ1v) is 8.25. The lowest BCUT2D eigenvalue weighted by molar-refractivity contribution is -0.140. The molecule has 5 nitrogen and oxygen atoms in total. The van der Waals surface area contributed by atoms with Gasteiger partial charge in [0.25, 0.3) is 5.91 Å². The number of rotatable bonds is 4. The largest absolute Gasteiger partial charge is 0.340 e. The molecule has 120 valence electrons. The van der Waals surface area contributed by atoms with Gasteiger partial charge in [-0.25, -0.2) is 0 Å². The van der Waals surface area contributed by atoms with Crippen molar-refractivity contribution in [3.8, 4) is 0 Å². The molecule has 2 aliphatic rings. The van der Waals surface area contributed by atoms with E-state index in [1.54, 1.807) is 4.90 Å². The second-order valence-corrected chi connectivity index (χ2v) is 6.88. The lowest BCUT2D eigenvalue weighted by Crippen LogP contribution is -2.58. The quantitative estimate of drug-likeness (QED) is 0.855. The fourth-order valence-electron chi connectivity index (χ4n) is 3.22. The monoisotopic (exact) mass is 303 g/mol. The molecule has 1 aromatic rings. The zero-order chi connectivity index (χ0) is 15.9. The molecular weight excluding hydrogens is 278 g/mol. The first-order valence-electron chi connectivity index (χ1n) is 8.25. The standard InChI is InChI=1S/C17H25N3O2/c1-12(2)11-18-9-10-19(13(3)16(18)21)17(22)15-5-4-8-20(15)14-6-7-14/h4-5,8,12-14H,6-7,9-11H2,1-3H3. The summed E-state index contributed by atoms with van der Waals surface area (Å²) in [5.41, 5.74) is 0.722. The molecule has 1 aliphatic heterocycles. The van der Waals surface area contributed by atoms with Crippen molar-refractivity contribution in [2.75, 3.05) is 19.6 Å². The predicted octanol–water partition coefficient (Wildman–Crippen LogP) is 2.15. The first-order chi connectivity index (χ1) is 10.5. The van der Waals surface area contributed by atoms with Crippen LogP contribution >= 0.6 is 0 Å². The Hall–Kier alpha value is -1.78. The van der Waals surface area contributed by atoms with Crippen LogP contribution in [0.15, 0.2) is 18.3 Å². The average Bonchev–Trinajstić information content (AvgIpc) is 3.20. The maximum atomic E-state index is 12.8. The van der Waals surface area contributed by atoms with Gasteiger partial charge in [0.05, 0.1) is 0 Å². The van der Waals surface area contributed by atoms with Crippen LogP contribution in [0.1, 0.15) is 50.1 Å². The minimum atomic E-state index is -0.373. The smallest absolute Gasteiger partial charge is 0.271 e. The van der Waals surface area contributed by atoms with Crippen LogP contribution in [-0.2, 0) is 4.79 Å². The van der Waals surface area contributed by atoms with Crippen molar-refractivity contribution in [1.29, 1.82) is 0 Å². The SMILES string of the molecule is CC(C)CN1CCN(C(=O)c2cccn2C2CC2)C(C)C1=O. The van der Waals surface area contributed by atoms with Gasteiger partial charge in [0.1, 0.15) is 11.7 Å². The van der Waals surface area contributed by atoms with E-state index in [1.807, 2.05) is 30.2 Å². The van der Waals surface area contributed by atoms with Gasteiger partial charge in [0.15, 0.2) is 0 Å². The number of nitrogens with zero attached hydrogens (tertiary/aromatic N) is 3. The Morgan fingerprint density at radius 2 is 2.05 bits per heavy atom. The lowest BCUT2D eigenvalue weighted by atomic mass is 10.1. The van der Waals surface area contributed by atoms with Crippen LogP contribution in [0, 0.1) is 5.92 Å². The molecule has 1 saturated carbocycles. The maximum absolute atomic E-state index is 12.8. The van der Waals surface area contributed by atoms with Crippen LogP contribution in [-0.4, -0.2) is 51.9 Å². The Morgan fingerprint density at radius 1 is 1.32 bits per heavy atom. The minimum absolute atomic E-state index is 0.0121. The topological polar surface area (TPSA) is 45.5 Å². The highest BCUT2D eigenvalue weighted by Gasteiger charge is 2.36. The minimum Gasteiger partial charge on any atom is -0.340 e. The summed E-state index contributed by atoms with van der Waals surface area (Å²) < 4.78 is 2.07. The van der Waals surface area contributed by atoms with Gasteiger partial charge in [0.2, 0.25) is 5.91 Å². The summed E-state index contributed by atoms with van der Waals surface area (Å²) in [6, 6.07) is 3.90. The van der Waals surface area contributed by atoms with E-state index in [4.69, 9.17) is 0 Å². The van der Waals surface area contributed by atoms with Gasteiger partial charge in [0, 0.05) is 31.9 Å². The summed E-state index contributed by atoms with van der Waals surface area (Å²) in [4.78, 5) is 29.0. The van der Waals surface area contributed by atoms with Gasteiger partial charge >= 0.3 is 0 Å². The van der Waals surface area contributed by atoms with Crippen molar-refractivity contribution >= 4 is 11.8 Å². The van der Waals surface area contributed by atoms with Crippen molar-refractivity contribution < 1.29 is 9.59 Å². The number of carbonyl (C=O) groups is 2. The molecule has 2 heterocycles. The molecule has 0 aromatic carbocycles. The Morgan fingerprint density at radius 3 is 2.68 bits per heavy atom. The van der Waals surface area contributed by atoms with Gasteiger partial charge < -0.3 is 14.4 Å². The molecule has 1 saturated heterocycles. The highest BCUT2D eigenvalue weighted by atomic mass is 16.2. The van der Waals surface area contributed by atoms with E-state index in [-0.39, 0.29) is 17.9 Å². The van der Waals surface area contributed by atoms with Crippen molar-refractivity contribution in [2.24, 2.45) is 5.92 Å². The molecule has 1 atom stereocenters. The van der Waals surface area contributed by atoms with E-state index in [9.17, 15) is 9.59 Å². The fraction of sp³-hybridized carbons (Fsp3) is 0.647. The Kier molecular flexibility index (Phi) is 3.98. The van der Waals surface area contributed by atoms with E-state index < -0.39 is 0 Å². The molecule has 1 unspecified atom stereocenters. The van der Waals surface area contributed by atoms with Gasteiger partial charge in [-0.2, -0.15) is 0 Å². The Labute approximate surface area is 131 Å². The normalized spacial score (nSPS) is 22.5. The molecule has 2 fully saturated rings. The van der Waals surface area contributed by atoms with Crippen molar-refractivity contribution in [2.45, 2.75) is 45.7 Å². The Bertz CT molecular complexity index is 574. The molecular formula is C17H25N3O2. The summed E-state index contributed by atoms with van der Waals surface area (Å²) in [6.45, 7) is 8.09. The summed E-state index contributed by atoms with van der Waals surface area (Å²) in [7, 11) is 0. The maximum Gasteiger partial charge on any atom is 0.271 e. The van der Waals surface area contributed by atoms with E-state index in [1.165, 1.54) is 0 Å². The molecule has 1 aliphatic carbocycles. The van der Waals surface area contributed by atoms with E-state index in [0.717, 1.165) is 25.1 Å². The van der Waals surface area contributed by atoms with E-state index >= 15 is 0 Å². The molecule has 0 spiro atoms. The van der Waals surface area contributed by atoms with Crippen molar-refractivity contribution in [3.63, 3.8) is 0 Å². The summed E-state index contributed by atoms with van der Waals surface area (Å²) in [6.07, 6.45) is 4.27. The van der Waals surface area contributed by atoms with Crippen LogP contribution in [0.4, 0.5) is 0 Å². The first kappa shape index (κ1) is 15.1. The van der Waals surface area contributed by atoms with Gasteiger partial charge in [-0.05, 0) is 37.8 Å². The molecule has 5 heteroatoms. The number of hydrogen-bond acceptors (Lipinski definition) is 2. The summed E-state index contributed by atoms with van der Waals surface area (Å²) in [5.74, 6) is 0.505. The second-order valence-electron chi connectivity index (χ2n) is 6.88. The molecule has 22 heavy (non-hydrogen) atoms. The predicted molar refractivity (Wildman–Crippen MR) is 84.6 cm³/mol. The Balaban J connectivity index is 1.74. The highest BCUT2D eigenvalue weighted by molar-refractivity contribution is 5.97. The molecule has 0 radical (unpaired) electrons. The third-order valence-corrected chi connectivity index (χ3v) is 4.53. The second kappa shape index (κ2) is 5.78. The van der Waals surface area contributed by atoms with E-state index in [0.29, 0.717) is 25.0 Å². The van der Waals surface area contributed by atoms with Gasteiger partial charge in [-0.15, -0.1) is 0 Å². The van der Waals surface area contributed by atoms with Crippen LogP contribution < -0.4 is 0 Å². The van der Waals surface area contributed by atoms with Crippen LogP contribution in [0.3, 0.4) is 0 Å². The number of aromatic nitrogens is 1. The molecule has 2 amide bonds. The van der Waals surface area contributed by atoms with Crippen molar-refractivity contribution in [1.82, 2.24) is 14.4 Å². The molecule has 0 bridgehead atoms. The number of amides is 2.